The number of hydrogen-bond acceptors (Lipinski definition) is 7. The van der Waals surface area contributed by atoms with Crippen molar-refractivity contribution in [2.45, 2.75) is 25.7 Å². The first-order chi connectivity index (χ1) is 16.2. The number of carbonyl (C=O) groups excluding carboxylic acids is 2. The van der Waals surface area contributed by atoms with E-state index in [2.05, 4.69) is 5.32 Å². The molecule has 11 nitrogen and oxygen atoms in total. The molecule has 0 aliphatic carbocycles. The van der Waals surface area contributed by atoms with E-state index < -0.39 is 28.6 Å². The molecule has 0 unspecified atom stereocenters. The summed E-state index contributed by atoms with van der Waals surface area (Å²) in [5.74, 6) is -1.92. The van der Waals surface area contributed by atoms with Crippen LogP contribution in [0.3, 0.4) is 0 Å². The zero-order valence-corrected chi connectivity index (χ0v) is 19.0. The van der Waals surface area contributed by atoms with E-state index in [1.54, 1.807) is 24.3 Å². The van der Waals surface area contributed by atoms with Crippen molar-refractivity contribution in [1.29, 1.82) is 0 Å². The van der Waals surface area contributed by atoms with Crippen molar-refractivity contribution in [3.8, 4) is 11.5 Å². The molecule has 1 fully saturated rings. The lowest BCUT2D eigenvalue weighted by atomic mass is 10.1. The average molecular weight is 492 g/mol. The van der Waals surface area contributed by atoms with Gasteiger partial charge in [-0.15, -0.1) is 0 Å². The fraction of sp³-hybridized carbons (Fsp3) is 0.318. The van der Waals surface area contributed by atoms with Crippen LogP contribution in [0.25, 0.3) is 0 Å². The number of carboxylic acids is 1. The molecule has 0 saturated carbocycles. The Hall–Kier alpha value is -3.80. The number of carboxylic acid groups (broad SMARTS) is 1. The number of rotatable bonds is 11. The Labute approximate surface area is 196 Å². The number of phenolic OH excluding ortho intramolecular Hbond substituents is 1. The average Bonchev–Trinajstić information content (AvgIpc) is 3.06. The molecule has 0 bridgehead atoms. The van der Waals surface area contributed by atoms with Crippen LogP contribution < -0.4 is 19.1 Å². The lowest BCUT2D eigenvalue weighted by Gasteiger charge is -2.16. The summed E-state index contributed by atoms with van der Waals surface area (Å²) in [4.78, 5) is 34.6. The van der Waals surface area contributed by atoms with Gasteiger partial charge < -0.3 is 20.3 Å². The number of unbranched alkanes of at least 4 members (excludes halogenated alkanes) is 1. The number of aromatic hydroxyl groups is 1. The van der Waals surface area contributed by atoms with E-state index in [1.807, 2.05) is 4.72 Å². The quantitative estimate of drug-likeness (QED) is 0.341. The number of amides is 2. The van der Waals surface area contributed by atoms with Crippen molar-refractivity contribution >= 4 is 33.7 Å². The monoisotopic (exact) mass is 491 g/mol. The second-order valence-corrected chi connectivity index (χ2v) is 9.16. The van der Waals surface area contributed by atoms with Crippen molar-refractivity contribution in [3.63, 3.8) is 0 Å². The molecule has 2 amide bonds. The number of ether oxygens (including phenoxy) is 1. The number of nitrogens with zero attached hydrogens (tertiary/aromatic N) is 1. The maximum absolute atomic E-state index is 12.1. The normalized spacial score (nSPS) is 14.5. The van der Waals surface area contributed by atoms with Gasteiger partial charge in [-0.3, -0.25) is 9.59 Å². The van der Waals surface area contributed by atoms with Gasteiger partial charge in [-0.1, -0.05) is 18.2 Å². The third-order valence-electron chi connectivity index (χ3n) is 5.04. The molecule has 4 N–H and O–H groups in total. The van der Waals surface area contributed by atoms with Crippen LogP contribution in [-0.4, -0.2) is 56.1 Å². The SMILES string of the molecule is O=C(CCc1ccc(N2CC(=O)NS2(=O)=O)c(O)c1)NCCCCOc1ccccc1C(=O)O. The number of nitrogens with one attached hydrogen (secondary N) is 2. The molecular weight excluding hydrogens is 466 g/mol. The number of carbonyl (C=O) groups is 3. The minimum atomic E-state index is -4.01. The fourth-order valence-corrected chi connectivity index (χ4v) is 4.51. The van der Waals surface area contributed by atoms with Gasteiger partial charge in [0, 0.05) is 13.0 Å². The number of aryl methyl sites for hydroxylation is 1. The van der Waals surface area contributed by atoms with E-state index in [0.29, 0.717) is 43.7 Å². The van der Waals surface area contributed by atoms with Crippen LogP contribution in [0.15, 0.2) is 42.5 Å². The van der Waals surface area contributed by atoms with Crippen molar-refractivity contribution in [1.82, 2.24) is 10.0 Å². The topological polar surface area (TPSA) is 162 Å². The summed E-state index contributed by atoms with van der Waals surface area (Å²) in [5.41, 5.74) is 0.722. The molecule has 12 heteroatoms. The summed E-state index contributed by atoms with van der Waals surface area (Å²) < 4.78 is 31.9. The first-order valence-corrected chi connectivity index (χ1v) is 12.0. The molecule has 2 aromatic carbocycles. The van der Waals surface area contributed by atoms with E-state index in [4.69, 9.17) is 9.84 Å². The van der Waals surface area contributed by atoms with Gasteiger partial charge in [0.15, 0.2) is 0 Å². The molecule has 1 saturated heterocycles. The minimum absolute atomic E-state index is 0.0141. The fourth-order valence-electron chi connectivity index (χ4n) is 3.35. The molecule has 34 heavy (non-hydrogen) atoms. The van der Waals surface area contributed by atoms with Crippen LogP contribution in [0, 0.1) is 0 Å². The van der Waals surface area contributed by atoms with E-state index >= 15 is 0 Å². The Kier molecular flexibility index (Phi) is 7.95. The van der Waals surface area contributed by atoms with Crippen molar-refractivity contribution in [3.05, 3.63) is 53.6 Å². The minimum Gasteiger partial charge on any atom is -0.506 e. The summed E-state index contributed by atoms with van der Waals surface area (Å²) in [5, 5.41) is 22.1. The molecule has 0 atom stereocenters. The lowest BCUT2D eigenvalue weighted by molar-refractivity contribution is -0.121. The molecule has 0 aromatic heterocycles. The maximum Gasteiger partial charge on any atom is 0.339 e. The largest absolute Gasteiger partial charge is 0.506 e. The molecule has 0 spiro atoms. The Morgan fingerprint density at radius 1 is 1.15 bits per heavy atom. The van der Waals surface area contributed by atoms with E-state index in [9.17, 15) is 27.9 Å². The molecular formula is C22H25N3O8S. The first-order valence-electron chi connectivity index (χ1n) is 10.5. The van der Waals surface area contributed by atoms with Crippen molar-refractivity contribution in [2.75, 3.05) is 24.0 Å². The van der Waals surface area contributed by atoms with Gasteiger partial charge in [0.1, 0.15) is 23.6 Å². The van der Waals surface area contributed by atoms with Gasteiger partial charge in [-0.25, -0.2) is 13.8 Å². The van der Waals surface area contributed by atoms with Gasteiger partial charge >= 0.3 is 16.2 Å². The van der Waals surface area contributed by atoms with Gasteiger partial charge in [-0.2, -0.15) is 8.42 Å². The number of benzene rings is 2. The highest BCUT2D eigenvalue weighted by molar-refractivity contribution is 7.92. The Bertz CT molecular complexity index is 1180. The van der Waals surface area contributed by atoms with Crippen LogP contribution in [0.1, 0.15) is 35.2 Å². The summed E-state index contributed by atoms with van der Waals surface area (Å²) in [6.07, 6.45) is 1.77. The molecule has 1 heterocycles. The Morgan fingerprint density at radius 3 is 2.59 bits per heavy atom. The van der Waals surface area contributed by atoms with Crippen LogP contribution in [-0.2, 0) is 26.2 Å². The molecule has 2 aromatic rings. The number of hydrogen-bond donors (Lipinski definition) is 4. The van der Waals surface area contributed by atoms with Crippen LogP contribution in [0.2, 0.25) is 0 Å². The van der Waals surface area contributed by atoms with Gasteiger partial charge in [-0.05, 0) is 49.1 Å². The summed E-state index contributed by atoms with van der Waals surface area (Å²) >= 11 is 0. The second-order valence-electron chi connectivity index (χ2n) is 7.57. The number of anilines is 1. The molecule has 3 rings (SSSR count). The predicted octanol–water partition coefficient (Wildman–Crippen LogP) is 1.18. The molecule has 1 aliphatic heterocycles. The molecule has 182 valence electrons. The van der Waals surface area contributed by atoms with Crippen LogP contribution in [0.4, 0.5) is 5.69 Å². The third-order valence-corrected chi connectivity index (χ3v) is 6.43. The maximum atomic E-state index is 12.1. The summed E-state index contributed by atoms with van der Waals surface area (Å²) in [6.45, 7) is 0.342. The smallest absolute Gasteiger partial charge is 0.339 e. The standard InChI is InChI=1S/C22H25N3O8S/c26-18-13-15(7-9-17(18)25-14-21(28)24-34(25,31)32)8-10-20(27)23-11-3-4-12-33-19-6-2-1-5-16(19)22(29)30/h1-2,5-7,9,13,26H,3-4,8,10-12,14H2,(H,23,27)(H,24,28)(H,29,30). The van der Waals surface area contributed by atoms with Crippen molar-refractivity contribution < 1.29 is 37.8 Å². The van der Waals surface area contributed by atoms with Gasteiger partial charge in [0.05, 0.1) is 12.3 Å². The Balaban J connectivity index is 1.37. The lowest BCUT2D eigenvalue weighted by Crippen LogP contribution is -2.29. The zero-order chi connectivity index (χ0) is 24.7. The highest BCUT2D eigenvalue weighted by atomic mass is 32.2. The highest BCUT2D eigenvalue weighted by Crippen LogP contribution is 2.31. The first kappa shape index (κ1) is 24.8. The molecule has 0 radical (unpaired) electrons. The van der Waals surface area contributed by atoms with Crippen molar-refractivity contribution in [2.24, 2.45) is 0 Å². The Morgan fingerprint density at radius 2 is 1.91 bits per heavy atom. The van der Waals surface area contributed by atoms with Crippen LogP contribution >= 0.6 is 0 Å². The number of aromatic carboxylic acids is 1. The van der Waals surface area contributed by atoms with E-state index in [-0.39, 0.29) is 29.3 Å². The van der Waals surface area contributed by atoms with E-state index in [0.717, 1.165) is 4.31 Å². The van der Waals surface area contributed by atoms with E-state index in [1.165, 1.54) is 18.2 Å². The zero-order valence-electron chi connectivity index (χ0n) is 18.2. The number of para-hydroxylation sites is 1. The van der Waals surface area contributed by atoms with Gasteiger partial charge in [0.2, 0.25) is 5.91 Å². The number of phenols is 1. The van der Waals surface area contributed by atoms with Gasteiger partial charge in [0.25, 0.3) is 5.91 Å². The molecule has 1 aliphatic rings. The third kappa shape index (κ3) is 6.38. The summed E-state index contributed by atoms with van der Waals surface area (Å²) in [6, 6.07) is 10.7. The van der Waals surface area contributed by atoms with Crippen LogP contribution in [0.5, 0.6) is 11.5 Å². The second kappa shape index (κ2) is 10.9. The predicted molar refractivity (Wildman–Crippen MR) is 122 cm³/mol. The highest BCUT2D eigenvalue weighted by Gasteiger charge is 2.35. The summed E-state index contributed by atoms with van der Waals surface area (Å²) in [7, 11) is -4.01.